The lowest BCUT2D eigenvalue weighted by Crippen LogP contribution is -2.33. The highest BCUT2D eigenvalue weighted by Crippen LogP contribution is 2.37. The fourth-order valence-corrected chi connectivity index (χ4v) is 3.16. The van der Waals surface area contributed by atoms with Gasteiger partial charge in [0.25, 0.3) is 0 Å². The molecule has 0 radical (unpaired) electrons. The van der Waals surface area contributed by atoms with Crippen LogP contribution < -0.4 is 10.7 Å². The van der Waals surface area contributed by atoms with Crippen LogP contribution in [0, 0.1) is 0 Å². The normalized spacial score (nSPS) is 15.4. The number of allylic oxidation sites excluding steroid dienone is 2. The molecule has 1 aromatic carbocycles. The summed E-state index contributed by atoms with van der Waals surface area (Å²) in [6.07, 6.45) is 1.15. The van der Waals surface area contributed by atoms with E-state index in [4.69, 9.17) is 4.42 Å². The molecule has 0 fully saturated rings. The van der Waals surface area contributed by atoms with E-state index < -0.39 is 23.3 Å². The molecule has 0 saturated heterocycles. The van der Waals surface area contributed by atoms with Crippen LogP contribution in [0.4, 0.5) is 0 Å². The Kier molecular flexibility index (Phi) is 3.92. The van der Waals surface area contributed by atoms with Crippen LogP contribution in [0.25, 0.3) is 11.0 Å². The first kappa shape index (κ1) is 16.5. The van der Waals surface area contributed by atoms with Gasteiger partial charge in [0.15, 0.2) is 5.43 Å². The quantitative estimate of drug-likeness (QED) is 0.783. The fraction of sp³-hybridized carbons (Fsp3) is 0.167. The van der Waals surface area contributed by atoms with Crippen LogP contribution in [0.2, 0.25) is 0 Å². The summed E-state index contributed by atoms with van der Waals surface area (Å²) in [5.74, 6) is -3.82. The maximum Gasteiger partial charge on any atom is 0.334 e. The highest BCUT2D eigenvalue weighted by molar-refractivity contribution is 5.98. The molecule has 2 heterocycles. The lowest BCUT2D eigenvalue weighted by atomic mass is 9.81. The molecule has 0 atom stereocenters. The second-order valence-corrected chi connectivity index (χ2v) is 5.76. The zero-order valence-electron chi connectivity index (χ0n) is 13.5. The van der Waals surface area contributed by atoms with Gasteiger partial charge in [-0.2, -0.15) is 0 Å². The molecule has 1 aromatic heterocycles. The van der Waals surface area contributed by atoms with E-state index in [0.717, 1.165) is 6.26 Å². The van der Waals surface area contributed by atoms with Crippen LogP contribution in [0.15, 0.2) is 62.3 Å². The van der Waals surface area contributed by atoms with Gasteiger partial charge >= 0.3 is 11.9 Å². The van der Waals surface area contributed by atoms with E-state index in [1.54, 1.807) is 24.3 Å². The minimum absolute atomic E-state index is 0.0197. The first-order valence-electron chi connectivity index (χ1n) is 7.48. The Morgan fingerprint density at radius 3 is 2.16 bits per heavy atom. The first-order valence-corrected chi connectivity index (χ1v) is 7.48. The number of carboxylic acid groups (broad SMARTS) is 2. The number of carbonyl (C=O) groups is 2. The summed E-state index contributed by atoms with van der Waals surface area (Å²) in [5, 5.41) is 22.2. The van der Waals surface area contributed by atoms with Crippen molar-refractivity contribution in [3.63, 3.8) is 0 Å². The Morgan fingerprint density at radius 1 is 1.04 bits per heavy atom. The van der Waals surface area contributed by atoms with Gasteiger partial charge in [0.05, 0.1) is 28.7 Å². The molecule has 3 rings (SSSR count). The van der Waals surface area contributed by atoms with E-state index in [2.05, 4.69) is 5.32 Å². The predicted molar refractivity (Wildman–Crippen MR) is 89.0 cm³/mol. The average molecular weight is 341 g/mol. The number of para-hydroxylation sites is 1. The molecule has 128 valence electrons. The molecule has 1 aliphatic heterocycles. The summed E-state index contributed by atoms with van der Waals surface area (Å²) in [6.45, 7) is 3.06. The van der Waals surface area contributed by atoms with Crippen molar-refractivity contribution in [1.82, 2.24) is 5.32 Å². The molecule has 1 aliphatic rings. The molecule has 7 nitrogen and oxygen atoms in total. The maximum atomic E-state index is 12.9. The van der Waals surface area contributed by atoms with E-state index in [9.17, 15) is 24.6 Å². The molecule has 0 amide bonds. The highest BCUT2D eigenvalue weighted by Gasteiger charge is 2.38. The van der Waals surface area contributed by atoms with Crippen molar-refractivity contribution in [3.05, 3.63) is 68.9 Å². The van der Waals surface area contributed by atoms with Crippen molar-refractivity contribution in [2.45, 2.75) is 19.8 Å². The molecule has 3 N–H and O–H groups in total. The van der Waals surface area contributed by atoms with Crippen molar-refractivity contribution in [2.24, 2.45) is 0 Å². The number of dihydropyridines is 1. The second kappa shape index (κ2) is 5.94. The van der Waals surface area contributed by atoms with Crippen molar-refractivity contribution >= 4 is 22.9 Å². The van der Waals surface area contributed by atoms with Gasteiger partial charge in [-0.15, -0.1) is 0 Å². The largest absolute Gasteiger partial charge is 0.478 e. The summed E-state index contributed by atoms with van der Waals surface area (Å²) >= 11 is 0. The van der Waals surface area contributed by atoms with Crippen LogP contribution in [-0.2, 0) is 9.59 Å². The third-order valence-corrected chi connectivity index (χ3v) is 4.24. The van der Waals surface area contributed by atoms with Crippen molar-refractivity contribution < 1.29 is 24.2 Å². The number of hydrogen-bond acceptors (Lipinski definition) is 5. The first-order chi connectivity index (χ1) is 11.8. The van der Waals surface area contributed by atoms with Crippen LogP contribution >= 0.6 is 0 Å². The lowest BCUT2D eigenvalue weighted by molar-refractivity contribution is -0.133. The molecule has 0 saturated carbocycles. The number of aliphatic carboxylic acids is 2. The summed E-state index contributed by atoms with van der Waals surface area (Å²) in [4.78, 5) is 36.4. The number of nitrogens with one attached hydrogen (secondary N) is 1. The molecule has 25 heavy (non-hydrogen) atoms. The van der Waals surface area contributed by atoms with E-state index >= 15 is 0 Å². The Hall–Kier alpha value is -3.35. The van der Waals surface area contributed by atoms with Crippen LogP contribution in [0.1, 0.15) is 25.3 Å². The van der Waals surface area contributed by atoms with E-state index in [1.165, 1.54) is 13.8 Å². The monoisotopic (exact) mass is 341 g/mol. The SMILES string of the molecule is CC1=C(C(=O)O)C(c2coc3ccccc3c2=O)C(C(=O)O)=C(C)N1. The van der Waals surface area contributed by atoms with Gasteiger partial charge in [0.1, 0.15) is 5.58 Å². The number of hydrogen-bond donors (Lipinski definition) is 3. The zero-order chi connectivity index (χ0) is 18.3. The van der Waals surface area contributed by atoms with Gasteiger partial charge in [-0.1, -0.05) is 12.1 Å². The van der Waals surface area contributed by atoms with Crippen LogP contribution in [0.5, 0.6) is 0 Å². The number of benzene rings is 1. The minimum atomic E-state index is -1.30. The summed E-state index contributed by atoms with van der Waals surface area (Å²) in [6, 6.07) is 6.53. The second-order valence-electron chi connectivity index (χ2n) is 5.76. The Labute approximate surface area is 141 Å². The minimum Gasteiger partial charge on any atom is -0.478 e. The van der Waals surface area contributed by atoms with Crippen molar-refractivity contribution in [2.75, 3.05) is 0 Å². The topological polar surface area (TPSA) is 117 Å². The lowest BCUT2D eigenvalue weighted by Gasteiger charge is -2.28. The standard InChI is InChI=1S/C18H15NO6/c1-8-13(17(21)22)15(14(18(23)24)9(2)19-8)11-7-25-12-6-4-3-5-10(12)16(11)20/h3-7,15,19H,1-2H3,(H,21,22)(H,23,24). The van der Waals surface area contributed by atoms with Crippen molar-refractivity contribution in [3.8, 4) is 0 Å². The summed E-state index contributed by atoms with van der Waals surface area (Å²) in [5.41, 5.74) is 0.0668. The van der Waals surface area contributed by atoms with Gasteiger partial charge in [-0.25, -0.2) is 9.59 Å². The molecule has 0 aliphatic carbocycles. The fourth-order valence-electron chi connectivity index (χ4n) is 3.16. The molecule has 0 bridgehead atoms. The van der Waals surface area contributed by atoms with E-state index in [0.29, 0.717) is 5.58 Å². The van der Waals surface area contributed by atoms with Gasteiger partial charge in [0, 0.05) is 17.0 Å². The number of rotatable bonds is 3. The van der Waals surface area contributed by atoms with Gasteiger partial charge in [0.2, 0.25) is 0 Å². The zero-order valence-corrected chi connectivity index (χ0v) is 13.5. The van der Waals surface area contributed by atoms with Crippen LogP contribution in [-0.4, -0.2) is 22.2 Å². The van der Waals surface area contributed by atoms with Crippen LogP contribution in [0.3, 0.4) is 0 Å². The summed E-state index contributed by atoms with van der Waals surface area (Å²) < 4.78 is 5.45. The summed E-state index contributed by atoms with van der Waals surface area (Å²) in [7, 11) is 0. The molecule has 7 heteroatoms. The smallest absolute Gasteiger partial charge is 0.334 e. The number of fused-ring (bicyclic) bond motifs is 1. The maximum absolute atomic E-state index is 12.9. The molecular formula is C18H15NO6. The highest BCUT2D eigenvalue weighted by atomic mass is 16.4. The average Bonchev–Trinajstić information content (AvgIpc) is 2.54. The molecule has 0 unspecified atom stereocenters. The third kappa shape index (κ3) is 2.59. The molecular weight excluding hydrogens is 326 g/mol. The van der Waals surface area contributed by atoms with Crippen molar-refractivity contribution in [1.29, 1.82) is 0 Å². The molecule has 2 aromatic rings. The van der Waals surface area contributed by atoms with Gasteiger partial charge in [-0.3, -0.25) is 4.79 Å². The number of carboxylic acids is 2. The Balaban J connectivity index is 2.35. The Morgan fingerprint density at radius 2 is 1.60 bits per heavy atom. The Bertz CT molecular complexity index is 991. The molecule has 0 spiro atoms. The predicted octanol–water partition coefficient (Wildman–Crippen LogP) is 2.20. The van der Waals surface area contributed by atoms with E-state index in [-0.39, 0.29) is 33.5 Å². The third-order valence-electron chi connectivity index (χ3n) is 4.24. The van der Waals surface area contributed by atoms with Gasteiger partial charge in [-0.05, 0) is 26.0 Å². The van der Waals surface area contributed by atoms with E-state index in [1.807, 2.05) is 0 Å². The van der Waals surface area contributed by atoms with Gasteiger partial charge < -0.3 is 19.9 Å².